The molecule has 2 N–H and O–H groups in total. The third-order valence-electron chi connectivity index (χ3n) is 3.15. The van der Waals surface area contributed by atoms with Crippen LogP contribution in [0.4, 0.5) is 5.69 Å². The second-order valence-electron chi connectivity index (χ2n) is 4.39. The maximum Gasteiger partial charge on any atom is 0.120 e. The maximum absolute atomic E-state index is 9.93. The van der Waals surface area contributed by atoms with Crippen molar-refractivity contribution in [3.8, 4) is 5.75 Å². The normalized spacial score (nSPS) is 12.1. The predicted molar refractivity (Wildman–Crippen MR) is 83.0 cm³/mol. The average molecular weight is 273 g/mol. The van der Waals surface area contributed by atoms with Gasteiger partial charge in [-0.05, 0) is 43.0 Å². The van der Waals surface area contributed by atoms with Gasteiger partial charge in [-0.25, -0.2) is 0 Å². The van der Waals surface area contributed by atoms with E-state index in [4.69, 9.17) is 0 Å². The average Bonchev–Trinajstić information content (AvgIpc) is 2.46. The van der Waals surface area contributed by atoms with E-state index in [-0.39, 0.29) is 6.04 Å². The standard InChI is InChI=1S/C16H19NOS/c1-3-15(14-6-4-5-7-16(14)18)17-12-8-10-13(19-2)11-9-12/h4-11,15,17-18H,3H2,1-2H3. The molecule has 0 aliphatic carbocycles. The number of thioether (sulfide) groups is 1. The van der Waals surface area contributed by atoms with Crippen LogP contribution in [0.15, 0.2) is 53.4 Å². The Kier molecular flexibility index (Phi) is 4.74. The number of phenols is 1. The van der Waals surface area contributed by atoms with Gasteiger partial charge in [0.2, 0.25) is 0 Å². The van der Waals surface area contributed by atoms with Crippen LogP contribution in [-0.2, 0) is 0 Å². The molecule has 2 nitrogen and oxygen atoms in total. The van der Waals surface area contributed by atoms with Crippen molar-refractivity contribution in [1.29, 1.82) is 0 Å². The van der Waals surface area contributed by atoms with E-state index in [0.29, 0.717) is 5.75 Å². The molecular weight excluding hydrogens is 254 g/mol. The summed E-state index contributed by atoms with van der Waals surface area (Å²) in [6.45, 7) is 2.11. The van der Waals surface area contributed by atoms with Crippen LogP contribution in [0.1, 0.15) is 24.9 Å². The summed E-state index contributed by atoms with van der Waals surface area (Å²) >= 11 is 1.73. The van der Waals surface area contributed by atoms with Crippen molar-refractivity contribution >= 4 is 17.4 Å². The third kappa shape index (κ3) is 3.44. The zero-order chi connectivity index (χ0) is 13.7. The van der Waals surface area contributed by atoms with Crippen molar-refractivity contribution in [2.24, 2.45) is 0 Å². The highest BCUT2D eigenvalue weighted by atomic mass is 32.2. The van der Waals surface area contributed by atoms with Gasteiger partial charge in [0.15, 0.2) is 0 Å². The molecule has 0 fully saturated rings. The van der Waals surface area contributed by atoms with Gasteiger partial charge in [-0.1, -0.05) is 25.1 Å². The quantitative estimate of drug-likeness (QED) is 0.776. The Morgan fingerprint density at radius 2 is 1.79 bits per heavy atom. The number of hydrogen-bond acceptors (Lipinski definition) is 3. The topological polar surface area (TPSA) is 32.3 Å². The van der Waals surface area contributed by atoms with Crippen LogP contribution in [0.3, 0.4) is 0 Å². The molecule has 0 aliphatic rings. The number of benzene rings is 2. The number of para-hydroxylation sites is 1. The summed E-state index contributed by atoms with van der Waals surface area (Å²) in [6, 6.07) is 16.0. The minimum atomic E-state index is 0.126. The minimum absolute atomic E-state index is 0.126. The number of aromatic hydroxyl groups is 1. The lowest BCUT2D eigenvalue weighted by Gasteiger charge is -2.20. The Balaban J connectivity index is 2.17. The molecular formula is C16H19NOS. The van der Waals surface area contributed by atoms with Crippen LogP contribution < -0.4 is 5.32 Å². The molecule has 0 bridgehead atoms. The first-order valence-corrected chi connectivity index (χ1v) is 7.65. The number of phenolic OH excluding ortho intramolecular Hbond substituents is 1. The Hall–Kier alpha value is -1.61. The van der Waals surface area contributed by atoms with Crippen molar-refractivity contribution < 1.29 is 5.11 Å². The molecule has 0 amide bonds. The zero-order valence-corrected chi connectivity index (χ0v) is 12.1. The summed E-state index contributed by atoms with van der Waals surface area (Å²) in [6.07, 6.45) is 2.99. The highest BCUT2D eigenvalue weighted by Crippen LogP contribution is 2.29. The molecule has 0 aliphatic heterocycles. The van der Waals surface area contributed by atoms with Gasteiger partial charge >= 0.3 is 0 Å². The van der Waals surface area contributed by atoms with Crippen molar-refractivity contribution in [2.75, 3.05) is 11.6 Å². The summed E-state index contributed by atoms with van der Waals surface area (Å²) in [4.78, 5) is 1.25. The van der Waals surface area contributed by atoms with Crippen LogP contribution in [0.25, 0.3) is 0 Å². The van der Waals surface area contributed by atoms with E-state index in [9.17, 15) is 5.11 Å². The molecule has 0 radical (unpaired) electrons. The van der Waals surface area contributed by atoms with Crippen molar-refractivity contribution in [3.63, 3.8) is 0 Å². The number of anilines is 1. The highest BCUT2D eigenvalue weighted by Gasteiger charge is 2.12. The molecule has 0 spiro atoms. The van der Waals surface area contributed by atoms with Gasteiger partial charge in [-0.15, -0.1) is 11.8 Å². The van der Waals surface area contributed by atoms with E-state index in [1.807, 2.05) is 18.2 Å². The molecule has 1 unspecified atom stereocenters. The van der Waals surface area contributed by atoms with Crippen LogP contribution >= 0.6 is 11.8 Å². The van der Waals surface area contributed by atoms with Crippen LogP contribution in [-0.4, -0.2) is 11.4 Å². The maximum atomic E-state index is 9.93. The van der Waals surface area contributed by atoms with Gasteiger partial charge in [-0.2, -0.15) is 0 Å². The van der Waals surface area contributed by atoms with Crippen molar-refractivity contribution in [3.05, 3.63) is 54.1 Å². The second-order valence-corrected chi connectivity index (χ2v) is 5.27. The predicted octanol–water partition coefficient (Wildman–Crippen LogP) is 4.68. The van der Waals surface area contributed by atoms with Gasteiger partial charge in [0.05, 0.1) is 6.04 Å². The van der Waals surface area contributed by atoms with Gasteiger partial charge < -0.3 is 10.4 Å². The van der Waals surface area contributed by atoms with E-state index in [1.165, 1.54) is 4.90 Å². The molecule has 0 saturated carbocycles. The second kappa shape index (κ2) is 6.53. The third-order valence-corrected chi connectivity index (χ3v) is 3.89. The molecule has 1 atom stereocenters. The molecule has 2 rings (SSSR count). The largest absolute Gasteiger partial charge is 0.508 e. The minimum Gasteiger partial charge on any atom is -0.508 e. The van der Waals surface area contributed by atoms with Crippen LogP contribution in [0.2, 0.25) is 0 Å². The fraction of sp³-hybridized carbons (Fsp3) is 0.250. The van der Waals surface area contributed by atoms with E-state index in [2.05, 4.69) is 42.8 Å². The SMILES string of the molecule is CCC(Nc1ccc(SC)cc1)c1ccccc1O. The van der Waals surface area contributed by atoms with Crippen LogP contribution in [0.5, 0.6) is 5.75 Å². The Bertz CT molecular complexity index is 525. The molecule has 3 heteroatoms. The Morgan fingerprint density at radius 3 is 2.37 bits per heavy atom. The highest BCUT2D eigenvalue weighted by molar-refractivity contribution is 7.98. The summed E-state index contributed by atoms with van der Waals surface area (Å²) in [5, 5.41) is 13.4. The molecule has 2 aromatic carbocycles. The Morgan fingerprint density at radius 1 is 1.11 bits per heavy atom. The molecule has 0 aromatic heterocycles. The van der Waals surface area contributed by atoms with Crippen LogP contribution in [0, 0.1) is 0 Å². The molecule has 100 valence electrons. The Labute approximate surface area is 118 Å². The summed E-state index contributed by atoms with van der Waals surface area (Å²) in [5.41, 5.74) is 2.02. The van der Waals surface area contributed by atoms with Crippen molar-refractivity contribution in [2.45, 2.75) is 24.3 Å². The number of rotatable bonds is 5. The van der Waals surface area contributed by atoms with E-state index >= 15 is 0 Å². The van der Waals surface area contributed by atoms with E-state index in [0.717, 1.165) is 17.7 Å². The summed E-state index contributed by atoms with van der Waals surface area (Å²) in [5.74, 6) is 0.350. The van der Waals surface area contributed by atoms with E-state index < -0.39 is 0 Å². The number of hydrogen-bond donors (Lipinski definition) is 2. The first-order valence-electron chi connectivity index (χ1n) is 6.43. The monoisotopic (exact) mass is 273 g/mol. The van der Waals surface area contributed by atoms with Gasteiger partial charge in [0.1, 0.15) is 5.75 Å². The molecule has 0 heterocycles. The number of nitrogens with one attached hydrogen (secondary N) is 1. The van der Waals surface area contributed by atoms with Gasteiger partial charge in [-0.3, -0.25) is 0 Å². The summed E-state index contributed by atoms with van der Waals surface area (Å²) in [7, 11) is 0. The molecule has 0 saturated heterocycles. The fourth-order valence-electron chi connectivity index (χ4n) is 2.07. The van der Waals surface area contributed by atoms with Crippen molar-refractivity contribution in [1.82, 2.24) is 0 Å². The van der Waals surface area contributed by atoms with E-state index in [1.54, 1.807) is 17.8 Å². The first kappa shape index (κ1) is 13.8. The molecule has 19 heavy (non-hydrogen) atoms. The zero-order valence-electron chi connectivity index (χ0n) is 11.3. The first-order chi connectivity index (χ1) is 9.24. The van der Waals surface area contributed by atoms with Gasteiger partial charge in [0, 0.05) is 16.1 Å². The fourth-order valence-corrected chi connectivity index (χ4v) is 2.48. The molecule has 2 aromatic rings. The lowest BCUT2D eigenvalue weighted by Crippen LogP contribution is -2.09. The summed E-state index contributed by atoms with van der Waals surface area (Å²) < 4.78 is 0. The van der Waals surface area contributed by atoms with Gasteiger partial charge in [0.25, 0.3) is 0 Å². The lowest BCUT2D eigenvalue weighted by atomic mass is 10.0. The lowest BCUT2D eigenvalue weighted by molar-refractivity contribution is 0.463. The smallest absolute Gasteiger partial charge is 0.120 e.